The second kappa shape index (κ2) is 5.07. The molecule has 0 radical (unpaired) electrons. The molecule has 0 aliphatic rings. The van der Waals surface area contributed by atoms with Crippen LogP contribution in [0.25, 0.3) is 0 Å². The average Bonchev–Trinajstić information content (AvgIpc) is 2.09. The van der Waals surface area contributed by atoms with Gasteiger partial charge in [0.25, 0.3) is 0 Å². The van der Waals surface area contributed by atoms with Gasteiger partial charge < -0.3 is 4.74 Å². The highest BCUT2D eigenvalue weighted by Crippen LogP contribution is 2.21. The molecule has 0 atom stereocenters. The monoisotopic (exact) mass is 200 g/mol. The zero-order valence-electron chi connectivity index (χ0n) is 7.51. The van der Waals surface area contributed by atoms with Crippen LogP contribution in [0.5, 0.6) is 5.75 Å². The van der Waals surface area contributed by atoms with Crippen LogP contribution in [0.15, 0.2) is 18.2 Å². The number of ether oxygens (including phenoxy) is 1. The van der Waals surface area contributed by atoms with Crippen molar-refractivity contribution >= 4 is 11.6 Å². The molecule has 0 aromatic heterocycles. The van der Waals surface area contributed by atoms with Gasteiger partial charge in [-0.05, 0) is 30.7 Å². The van der Waals surface area contributed by atoms with Gasteiger partial charge in [0, 0.05) is 11.6 Å². The van der Waals surface area contributed by atoms with E-state index in [4.69, 9.17) is 22.2 Å². The molecule has 0 unspecified atom stereocenters. The third-order valence-corrected chi connectivity index (χ3v) is 1.88. The van der Waals surface area contributed by atoms with E-state index in [-0.39, 0.29) is 0 Å². The largest absolute Gasteiger partial charge is 0.492 e. The summed E-state index contributed by atoms with van der Waals surface area (Å²) < 4.78 is 5.43. The topological polar surface area (TPSA) is 47.3 Å². The summed E-state index contributed by atoms with van der Waals surface area (Å²) in [6.45, 7) is 3.14. The predicted molar refractivity (Wildman–Crippen MR) is 53.9 cm³/mol. The Kier molecular flexibility index (Phi) is 4.02. The molecule has 1 aromatic carbocycles. The first-order valence-corrected chi connectivity index (χ1v) is 4.44. The van der Waals surface area contributed by atoms with Crippen molar-refractivity contribution in [1.82, 2.24) is 5.43 Å². The molecule has 0 saturated carbocycles. The maximum atomic E-state index is 5.79. The fourth-order valence-electron chi connectivity index (χ4n) is 0.995. The number of rotatable bonds is 4. The third kappa shape index (κ3) is 3.22. The minimum atomic E-state index is 0.555. The first-order chi connectivity index (χ1) is 6.24. The van der Waals surface area contributed by atoms with E-state index < -0.39 is 0 Å². The quantitative estimate of drug-likeness (QED) is 0.440. The summed E-state index contributed by atoms with van der Waals surface area (Å²) in [5, 5.41) is 0.724. The van der Waals surface area contributed by atoms with Crippen molar-refractivity contribution in [2.45, 2.75) is 6.92 Å². The number of aryl methyl sites for hydroxylation is 1. The Morgan fingerprint density at radius 3 is 2.92 bits per heavy atom. The maximum absolute atomic E-state index is 5.79. The fourth-order valence-corrected chi connectivity index (χ4v) is 1.22. The highest BCUT2D eigenvalue weighted by molar-refractivity contribution is 6.30. The van der Waals surface area contributed by atoms with Gasteiger partial charge in [-0.1, -0.05) is 11.6 Å². The third-order valence-electron chi connectivity index (χ3n) is 1.64. The Bertz CT molecular complexity index is 278. The van der Waals surface area contributed by atoms with Crippen LogP contribution in [0, 0.1) is 6.92 Å². The first kappa shape index (κ1) is 10.3. The van der Waals surface area contributed by atoms with Gasteiger partial charge in [-0.3, -0.25) is 11.3 Å². The van der Waals surface area contributed by atoms with Crippen molar-refractivity contribution in [2.24, 2.45) is 5.84 Å². The molecular weight excluding hydrogens is 188 g/mol. The summed E-state index contributed by atoms with van der Waals surface area (Å²) in [7, 11) is 0. The minimum Gasteiger partial charge on any atom is -0.492 e. The van der Waals surface area contributed by atoms with Crippen molar-refractivity contribution in [1.29, 1.82) is 0 Å². The number of hydrogen-bond donors (Lipinski definition) is 2. The Morgan fingerprint density at radius 2 is 2.31 bits per heavy atom. The summed E-state index contributed by atoms with van der Waals surface area (Å²) in [5.41, 5.74) is 3.55. The van der Waals surface area contributed by atoms with E-state index in [9.17, 15) is 0 Å². The van der Waals surface area contributed by atoms with Crippen LogP contribution < -0.4 is 16.0 Å². The lowest BCUT2D eigenvalue weighted by Crippen LogP contribution is -2.27. The molecule has 1 aromatic rings. The summed E-state index contributed by atoms with van der Waals surface area (Å²) in [6, 6.07) is 5.53. The number of hydrazine groups is 1. The van der Waals surface area contributed by atoms with Crippen molar-refractivity contribution in [3.8, 4) is 5.75 Å². The SMILES string of the molecule is Cc1cc(Cl)ccc1OCCNN. The minimum absolute atomic E-state index is 0.555. The molecule has 0 amide bonds. The molecule has 13 heavy (non-hydrogen) atoms. The zero-order valence-corrected chi connectivity index (χ0v) is 8.27. The van der Waals surface area contributed by atoms with E-state index in [0.29, 0.717) is 13.2 Å². The molecule has 1 rings (SSSR count). The standard InChI is InChI=1S/C9H13ClN2O/c1-7-6-8(10)2-3-9(7)13-5-4-12-11/h2-3,6,12H,4-5,11H2,1H3. The molecule has 4 heteroatoms. The predicted octanol–water partition coefficient (Wildman–Crippen LogP) is 1.49. The number of nitrogens with one attached hydrogen (secondary N) is 1. The van der Waals surface area contributed by atoms with Crippen molar-refractivity contribution < 1.29 is 4.74 Å². The summed E-state index contributed by atoms with van der Waals surface area (Å²) in [5.74, 6) is 5.95. The van der Waals surface area contributed by atoms with Gasteiger partial charge in [-0.2, -0.15) is 0 Å². The van der Waals surface area contributed by atoms with Gasteiger partial charge >= 0.3 is 0 Å². The lowest BCUT2D eigenvalue weighted by molar-refractivity contribution is 0.313. The van der Waals surface area contributed by atoms with Crippen LogP contribution in [0.1, 0.15) is 5.56 Å². The molecule has 0 saturated heterocycles. The van der Waals surface area contributed by atoms with Crippen LogP contribution in [0.3, 0.4) is 0 Å². The Balaban J connectivity index is 2.56. The van der Waals surface area contributed by atoms with Crippen LogP contribution in [0.2, 0.25) is 5.02 Å². The molecule has 0 aliphatic heterocycles. The number of hydrogen-bond acceptors (Lipinski definition) is 3. The van der Waals surface area contributed by atoms with Crippen molar-refractivity contribution in [3.05, 3.63) is 28.8 Å². The van der Waals surface area contributed by atoms with Crippen molar-refractivity contribution in [2.75, 3.05) is 13.2 Å². The maximum Gasteiger partial charge on any atom is 0.122 e. The summed E-state index contributed by atoms with van der Waals surface area (Å²) >= 11 is 5.79. The number of benzene rings is 1. The molecule has 0 fully saturated rings. The van der Waals surface area contributed by atoms with Crippen LogP contribution in [0.4, 0.5) is 0 Å². The molecule has 0 spiro atoms. The number of nitrogens with two attached hydrogens (primary N) is 1. The molecule has 0 aliphatic carbocycles. The number of halogens is 1. The first-order valence-electron chi connectivity index (χ1n) is 4.06. The van der Waals surface area contributed by atoms with E-state index in [0.717, 1.165) is 16.3 Å². The second-order valence-corrected chi connectivity index (χ2v) is 3.15. The fraction of sp³-hybridized carbons (Fsp3) is 0.333. The van der Waals surface area contributed by atoms with Gasteiger partial charge in [0.15, 0.2) is 0 Å². The Morgan fingerprint density at radius 1 is 1.54 bits per heavy atom. The van der Waals surface area contributed by atoms with Crippen LogP contribution in [-0.2, 0) is 0 Å². The van der Waals surface area contributed by atoms with Gasteiger partial charge in [0.05, 0.1) is 0 Å². The molecule has 3 nitrogen and oxygen atoms in total. The Labute approximate surface area is 82.8 Å². The smallest absolute Gasteiger partial charge is 0.122 e. The molecule has 3 N–H and O–H groups in total. The lowest BCUT2D eigenvalue weighted by Gasteiger charge is -2.08. The molecule has 0 heterocycles. The normalized spacial score (nSPS) is 10.1. The summed E-state index contributed by atoms with van der Waals surface area (Å²) in [6.07, 6.45) is 0. The highest BCUT2D eigenvalue weighted by Gasteiger charge is 1.98. The van der Waals surface area contributed by atoms with E-state index >= 15 is 0 Å². The van der Waals surface area contributed by atoms with Gasteiger partial charge in [0.2, 0.25) is 0 Å². The van der Waals surface area contributed by atoms with Crippen LogP contribution >= 0.6 is 11.6 Å². The molecular formula is C9H13ClN2O. The molecule has 72 valence electrons. The van der Waals surface area contributed by atoms with Gasteiger partial charge in [0.1, 0.15) is 12.4 Å². The van der Waals surface area contributed by atoms with Crippen molar-refractivity contribution in [3.63, 3.8) is 0 Å². The van der Waals surface area contributed by atoms with Gasteiger partial charge in [-0.15, -0.1) is 0 Å². The molecule has 0 bridgehead atoms. The van der Waals surface area contributed by atoms with Gasteiger partial charge in [-0.25, -0.2) is 0 Å². The van der Waals surface area contributed by atoms with E-state index in [2.05, 4.69) is 5.43 Å². The van der Waals surface area contributed by atoms with E-state index in [1.165, 1.54) is 0 Å². The highest BCUT2D eigenvalue weighted by atomic mass is 35.5. The van der Waals surface area contributed by atoms with Crippen LogP contribution in [-0.4, -0.2) is 13.2 Å². The Hall–Kier alpha value is -0.770. The zero-order chi connectivity index (χ0) is 9.68. The lowest BCUT2D eigenvalue weighted by atomic mass is 10.2. The summed E-state index contributed by atoms with van der Waals surface area (Å²) in [4.78, 5) is 0. The van der Waals surface area contributed by atoms with E-state index in [1.54, 1.807) is 6.07 Å². The average molecular weight is 201 g/mol. The van der Waals surface area contributed by atoms with E-state index in [1.807, 2.05) is 19.1 Å². The second-order valence-electron chi connectivity index (χ2n) is 2.71.